The van der Waals surface area contributed by atoms with E-state index in [4.69, 9.17) is 11.6 Å². The summed E-state index contributed by atoms with van der Waals surface area (Å²) in [6.45, 7) is -0.323. The highest BCUT2D eigenvalue weighted by Crippen LogP contribution is 2.16. The summed E-state index contributed by atoms with van der Waals surface area (Å²) in [6, 6.07) is 12.8. The first-order chi connectivity index (χ1) is 12.1. The standard InChI is InChI=1S/C16H13ClFN5O2/c17-12-6-2-4-8-14(12)23-16(25)22(20-21-23)10-15(24)19-9-11-5-1-3-7-13(11)18/h1-8H,9-10H2,(H,19,24). The number of nitrogens with one attached hydrogen (secondary N) is 1. The smallest absolute Gasteiger partial charge is 0.350 e. The fraction of sp³-hybridized carbons (Fsp3) is 0.125. The van der Waals surface area contributed by atoms with Crippen molar-refractivity contribution in [3.63, 3.8) is 0 Å². The normalized spacial score (nSPS) is 10.6. The number of halogens is 2. The summed E-state index contributed by atoms with van der Waals surface area (Å²) >= 11 is 6.03. The van der Waals surface area contributed by atoms with E-state index in [1.165, 1.54) is 6.07 Å². The van der Waals surface area contributed by atoms with Gasteiger partial charge in [0.05, 0.1) is 10.7 Å². The molecular weight excluding hydrogens is 349 g/mol. The molecule has 7 nitrogen and oxygen atoms in total. The van der Waals surface area contributed by atoms with Crippen molar-refractivity contribution in [2.75, 3.05) is 0 Å². The summed E-state index contributed by atoms with van der Waals surface area (Å²) in [6.07, 6.45) is 0. The number of hydrogen-bond donors (Lipinski definition) is 1. The summed E-state index contributed by atoms with van der Waals surface area (Å²) < 4.78 is 15.4. The lowest BCUT2D eigenvalue weighted by Gasteiger charge is -2.05. The highest BCUT2D eigenvalue weighted by Gasteiger charge is 2.14. The molecule has 128 valence electrons. The third kappa shape index (κ3) is 3.74. The van der Waals surface area contributed by atoms with Crippen molar-refractivity contribution < 1.29 is 9.18 Å². The molecule has 1 N–H and O–H groups in total. The molecule has 0 aliphatic carbocycles. The van der Waals surface area contributed by atoms with Crippen LogP contribution in [0.3, 0.4) is 0 Å². The van der Waals surface area contributed by atoms with Gasteiger partial charge in [-0.1, -0.05) is 41.9 Å². The van der Waals surface area contributed by atoms with E-state index in [2.05, 4.69) is 15.7 Å². The number of hydrogen-bond acceptors (Lipinski definition) is 4. The van der Waals surface area contributed by atoms with Crippen LogP contribution in [-0.2, 0) is 17.9 Å². The zero-order valence-electron chi connectivity index (χ0n) is 12.9. The largest absolute Gasteiger partial charge is 0.369 e. The molecule has 25 heavy (non-hydrogen) atoms. The van der Waals surface area contributed by atoms with Gasteiger partial charge in [0.2, 0.25) is 5.91 Å². The van der Waals surface area contributed by atoms with Crippen molar-refractivity contribution in [2.45, 2.75) is 13.1 Å². The van der Waals surface area contributed by atoms with Crippen LogP contribution in [0.15, 0.2) is 53.3 Å². The third-order valence-electron chi connectivity index (χ3n) is 3.45. The van der Waals surface area contributed by atoms with Crippen molar-refractivity contribution >= 4 is 17.5 Å². The number of carbonyl (C=O) groups is 1. The topological polar surface area (TPSA) is 81.8 Å². The Morgan fingerprint density at radius 3 is 2.60 bits per heavy atom. The quantitative estimate of drug-likeness (QED) is 0.747. The number of benzene rings is 2. The maximum Gasteiger partial charge on any atom is 0.369 e. The molecule has 0 saturated carbocycles. The Labute approximate surface area is 146 Å². The Morgan fingerprint density at radius 1 is 1.12 bits per heavy atom. The van der Waals surface area contributed by atoms with Gasteiger partial charge in [0.15, 0.2) is 0 Å². The molecule has 1 aromatic heterocycles. The first-order valence-electron chi connectivity index (χ1n) is 7.34. The highest BCUT2D eigenvalue weighted by atomic mass is 35.5. The zero-order chi connectivity index (χ0) is 17.8. The molecule has 1 heterocycles. The first kappa shape index (κ1) is 16.8. The fourth-order valence-electron chi connectivity index (χ4n) is 2.18. The lowest BCUT2D eigenvalue weighted by molar-refractivity contribution is -0.122. The van der Waals surface area contributed by atoms with Crippen LogP contribution in [0, 0.1) is 5.82 Å². The maximum atomic E-state index is 13.5. The molecule has 0 bridgehead atoms. The molecule has 0 atom stereocenters. The highest BCUT2D eigenvalue weighted by molar-refractivity contribution is 6.32. The first-order valence-corrected chi connectivity index (χ1v) is 7.72. The second kappa shape index (κ2) is 7.27. The number of carbonyl (C=O) groups excluding carboxylic acids is 1. The predicted octanol–water partition coefficient (Wildman–Crippen LogP) is 1.54. The number of amides is 1. The molecule has 3 rings (SSSR count). The van der Waals surface area contributed by atoms with Gasteiger partial charge in [0, 0.05) is 12.1 Å². The summed E-state index contributed by atoms with van der Waals surface area (Å²) in [5.41, 5.74) is 0.115. The van der Waals surface area contributed by atoms with Gasteiger partial charge in [-0.25, -0.2) is 9.18 Å². The zero-order valence-corrected chi connectivity index (χ0v) is 13.7. The van der Waals surface area contributed by atoms with Crippen LogP contribution >= 0.6 is 11.6 Å². The fourth-order valence-corrected chi connectivity index (χ4v) is 2.39. The van der Waals surface area contributed by atoms with Gasteiger partial charge in [-0.2, -0.15) is 9.36 Å². The molecule has 0 fully saturated rings. The minimum atomic E-state index is -0.603. The molecule has 0 radical (unpaired) electrons. The molecule has 1 amide bonds. The lowest BCUT2D eigenvalue weighted by atomic mass is 10.2. The molecule has 3 aromatic rings. The molecule has 0 saturated heterocycles. The Kier molecular flexibility index (Phi) is 4.90. The van der Waals surface area contributed by atoms with Gasteiger partial charge in [-0.15, -0.1) is 0 Å². The Balaban J connectivity index is 1.70. The van der Waals surface area contributed by atoms with Gasteiger partial charge in [0.25, 0.3) is 0 Å². The van der Waals surface area contributed by atoms with Gasteiger partial charge >= 0.3 is 5.69 Å². The number of rotatable bonds is 5. The van der Waals surface area contributed by atoms with Crippen LogP contribution in [0.5, 0.6) is 0 Å². The Hall–Kier alpha value is -3.00. The summed E-state index contributed by atoms with van der Waals surface area (Å²) in [7, 11) is 0. The maximum absolute atomic E-state index is 13.5. The van der Waals surface area contributed by atoms with Gasteiger partial charge < -0.3 is 5.32 Å². The van der Waals surface area contributed by atoms with E-state index in [1.54, 1.807) is 42.5 Å². The Morgan fingerprint density at radius 2 is 1.84 bits per heavy atom. The molecule has 0 spiro atoms. The van der Waals surface area contributed by atoms with Crippen molar-refractivity contribution in [2.24, 2.45) is 0 Å². The van der Waals surface area contributed by atoms with Gasteiger partial charge in [-0.3, -0.25) is 4.79 Å². The van der Waals surface area contributed by atoms with Crippen molar-refractivity contribution in [3.8, 4) is 5.69 Å². The van der Waals surface area contributed by atoms with Crippen LogP contribution in [0.1, 0.15) is 5.56 Å². The monoisotopic (exact) mass is 361 g/mol. The van der Waals surface area contributed by atoms with Crippen LogP contribution < -0.4 is 11.0 Å². The van der Waals surface area contributed by atoms with E-state index in [0.717, 1.165) is 9.36 Å². The van der Waals surface area contributed by atoms with Crippen LogP contribution in [0.2, 0.25) is 5.02 Å². The average molecular weight is 362 g/mol. The van der Waals surface area contributed by atoms with E-state index < -0.39 is 17.4 Å². The van der Waals surface area contributed by atoms with Crippen molar-refractivity contribution in [1.29, 1.82) is 0 Å². The molecule has 0 unspecified atom stereocenters. The minimum Gasteiger partial charge on any atom is -0.350 e. The molecule has 0 aliphatic heterocycles. The van der Waals surface area contributed by atoms with E-state index in [-0.39, 0.29) is 13.1 Å². The Bertz CT molecular complexity index is 969. The van der Waals surface area contributed by atoms with Crippen molar-refractivity contribution in [1.82, 2.24) is 25.1 Å². The second-order valence-electron chi connectivity index (χ2n) is 5.15. The van der Waals surface area contributed by atoms with Crippen LogP contribution in [0.4, 0.5) is 4.39 Å². The number of tetrazole rings is 1. The van der Waals surface area contributed by atoms with E-state index in [1.807, 2.05) is 0 Å². The van der Waals surface area contributed by atoms with Crippen LogP contribution in [0.25, 0.3) is 5.69 Å². The number of nitrogens with zero attached hydrogens (tertiary/aromatic N) is 4. The van der Waals surface area contributed by atoms with E-state index in [0.29, 0.717) is 16.3 Å². The number of para-hydroxylation sites is 1. The summed E-state index contributed by atoms with van der Waals surface area (Å²) in [5, 5.41) is 10.3. The second-order valence-corrected chi connectivity index (χ2v) is 5.56. The average Bonchev–Trinajstić information content (AvgIpc) is 2.95. The van der Waals surface area contributed by atoms with Crippen LogP contribution in [-0.4, -0.2) is 25.7 Å². The summed E-state index contributed by atoms with van der Waals surface area (Å²) in [4.78, 5) is 24.3. The SMILES string of the molecule is O=C(Cn1nnn(-c2ccccc2Cl)c1=O)NCc1ccccc1F. The molecule has 0 aliphatic rings. The lowest BCUT2D eigenvalue weighted by Crippen LogP contribution is -2.33. The third-order valence-corrected chi connectivity index (χ3v) is 3.77. The van der Waals surface area contributed by atoms with Gasteiger partial charge in [0.1, 0.15) is 12.4 Å². The van der Waals surface area contributed by atoms with Crippen molar-refractivity contribution in [3.05, 3.63) is 75.4 Å². The molecular formula is C16H13ClFN5O2. The molecule has 9 heteroatoms. The molecule has 2 aromatic carbocycles. The van der Waals surface area contributed by atoms with Gasteiger partial charge in [-0.05, 0) is 28.6 Å². The summed E-state index contributed by atoms with van der Waals surface area (Å²) in [5.74, 6) is -0.902. The van der Waals surface area contributed by atoms with E-state index in [9.17, 15) is 14.0 Å². The predicted molar refractivity (Wildman–Crippen MR) is 88.9 cm³/mol. The minimum absolute atomic E-state index is 0.0128. The number of aromatic nitrogens is 4. The van der Waals surface area contributed by atoms with E-state index >= 15 is 0 Å².